The lowest BCUT2D eigenvalue weighted by atomic mass is 10.1. The maximum absolute atomic E-state index is 11.8. The maximum atomic E-state index is 11.8. The van der Waals surface area contributed by atoms with Gasteiger partial charge in [0, 0.05) is 11.9 Å². The third-order valence-corrected chi connectivity index (χ3v) is 5.35. The largest absolute Gasteiger partial charge is 0.490 e. The number of fused-ring (bicyclic) bond motifs is 1. The monoisotopic (exact) mass is 384 g/mol. The van der Waals surface area contributed by atoms with Crippen molar-refractivity contribution in [2.24, 2.45) is 0 Å². The van der Waals surface area contributed by atoms with Gasteiger partial charge in [-0.3, -0.25) is 4.79 Å². The van der Waals surface area contributed by atoms with Crippen molar-refractivity contribution < 1.29 is 9.53 Å². The lowest BCUT2D eigenvalue weighted by molar-refractivity contribution is 0.102. The Balaban J connectivity index is 2.31. The molecular weight excluding hydrogens is 364 g/mol. The zero-order chi connectivity index (χ0) is 16.3. The quantitative estimate of drug-likeness (QED) is 0.727. The summed E-state index contributed by atoms with van der Waals surface area (Å²) < 4.78 is 7.80. The fraction of sp³-hybridized carbons (Fsp3) is 0.438. The van der Waals surface area contributed by atoms with Crippen LogP contribution >= 0.6 is 27.3 Å². The molecule has 4 nitrogen and oxygen atoms in total. The van der Waals surface area contributed by atoms with E-state index in [9.17, 15) is 4.79 Å². The molecule has 0 bridgehead atoms. The highest BCUT2D eigenvalue weighted by Crippen LogP contribution is 2.43. The van der Waals surface area contributed by atoms with Gasteiger partial charge in [-0.2, -0.15) is 0 Å². The number of thiophene rings is 1. The number of Topliss-reactive ketones (excluding diaryl/α,β-unsaturated/α-hetero) is 1. The predicted octanol–water partition coefficient (Wildman–Crippen LogP) is 4.17. The number of ether oxygens (including phenoxy) is 1. The van der Waals surface area contributed by atoms with E-state index in [2.05, 4.69) is 34.7 Å². The van der Waals surface area contributed by atoms with E-state index in [0.717, 1.165) is 39.9 Å². The molecule has 1 heterocycles. The third-order valence-electron chi connectivity index (χ3n) is 3.69. The number of hydrogen-bond acceptors (Lipinski definition) is 5. The van der Waals surface area contributed by atoms with Crippen molar-refractivity contribution >= 4 is 48.1 Å². The molecule has 0 aliphatic carbocycles. The SMILES string of the molecule is CCN(CC)CCOc1c(Br)ccc2c(C(C)=O)c(N)sc12. The van der Waals surface area contributed by atoms with Gasteiger partial charge in [-0.25, -0.2) is 0 Å². The number of ketones is 1. The highest BCUT2D eigenvalue weighted by Gasteiger charge is 2.18. The number of carbonyl (C=O) groups excluding carboxylic acids is 1. The highest BCUT2D eigenvalue weighted by molar-refractivity contribution is 9.10. The van der Waals surface area contributed by atoms with Crippen molar-refractivity contribution in [3.05, 3.63) is 22.2 Å². The van der Waals surface area contributed by atoms with E-state index in [1.165, 1.54) is 11.3 Å². The van der Waals surface area contributed by atoms with Crippen molar-refractivity contribution in [2.75, 3.05) is 32.0 Å². The molecule has 0 unspecified atom stereocenters. The molecule has 2 N–H and O–H groups in total. The maximum Gasteiger partial charge on any atom is 0.163 e. The summed E-state index contributed by atoms with van der Waals surface area (Å²) in [6.07, 6.45) is 0. The summed E-state index contributed by atoms with van der Waals surface area (Å²) in [4.78, 5) is 14.1. The van der Waals surface area contributed by atoms with Gasteiger partial charge in [-0.1, -0.05) is 19.9 Å². The summed E-state index contributed by atoms with van der Waals surface area (Å²) in [5, 5.41) is 1.42. The molecule has 0 saturated heterocycles. The van der Waals surface area contributed by atoms with Gasteiger partial charge >= 0.3 is 0 Å². The first-order chi connectivity index (χ1) is 10.5. The predicted molar refractivity (Wildman–Crippen MR) is 97.2 cm³/mol. The Hall–Kier alpha value is -1.11. The second-order valence-corrected chi connectivity index (χ2v) is 6.93. The Bertz CT molecular complexity index is 680. The number of nitrogens with zero attached hydrogens (tertiary/aromatic N) is 1. The smallest absolute Gasteiger partial charge is 0.163 e. The average Bonchev–Trinajstić information content (AvgIpc) is 2.82. The molecule has 0 radical (unpaired) electrons. The lowest BCUT2D eigenvalue weighted by Crippen LogP contribution is -2.27. The first kappa shape index (κ1) is 17.2. The number of nitrogens with two attached hydrogens (primary N) is 1. The number of rotatable bonds is 7. The fourth-order valence-electron chi connectivity index (χ4n) is 2.44. The molecule has 120 valence electrons. The molecule has 0 aliphatic rings. The van der Waals surface area contributed by atoms with Gasteiger partial charge in [0.1, 0.15) is 6.61 Å². The summed E-state index contributed by atoms with van der Waals surface area (Å²) in [5.41, 5.74) is 6.61. The number of halogens is 1. The van der Waals surface area contributed by atoms with E-state index in [1.54, 1.807) is 6.92 Å². The van der Waals surface area contributed by atoms with E-state index < -0.39 is 0 Å². The molecule has 0 fully saturated rings. The van der Waals surface area contributed by atoms with Crippen LogP contribution < -0.4 is 10.5 Å². The van der Waals surface area contributed by atoms with Crippen LogP contribution in [0.3, 0.4) is 0 Å². The first-order valence-electron chi connectivity index (χ1n) is 7.36. The van der Waals surface area contributed by atoms with Gasteiger partial charge in [0.15, 0.2) is 11.5 Å². The number of hydrogen-bond donors (Lipinski definition) is 1. The minimum absolute atomic E-state index is 0.0137. The van der Waals surface area contributed by atoms with Gasteiger partial charge in [0.2, 0.25) is 0 Å². The molecule has 22 heavy (non-hydrogen) atoms. The molecular formula is C16H21BrN2O2S. The van der Waals surface area contributed by atoms with Crippen molar-refractivity contribution in [1.29, 1.82) is 0 Å². The summed E-state index contributed by atoms with van der Waals surface area (Å²) in [5.74, 6) is 0.758. The minimum atomic E-state index is -0.0137. The lowest BCUT2D eigenvalue weighted by Gasteiger charge is -2.18. The first-order valence-corrected chi connectivity index (χ1v) is 8.97. The molecule has 6 heteroatoms. The van der Waals surface area contributed by atoms with Crippen LogP contribution in [-0.4, -0.2) is 36.9 Å². The highest BCUT2D eigenvalue weighted by atomic mass is 79.9. The summed E-state index contributed by atoms with van der Waals surface area (Å²) in [6.45, 7) is 9.31. The van der Waals surface area contributed by atoms with Gasteiger partial charge in [0.25, 0.3) is 0 Å². The van der Waals surface area contributed by atoms with E-state index in [1.807, 2.05) is 12.1 Å². The molecule has 0 amide bonds. The molecule has 0 saturated carbocycles. The normalized spacial score (nSPS) is 11.3. The van der Waals surface area contributed by atoms with Crippen molar-refractivity contribution in [2.45, 2.75) is 20.8 Å². The molecule has 0 atom stereocenters. The van der Waals surface area contributed by atoms with Gasteiger partial charge in [0.05, 0.1) is 19.7 Å². The Labute approximate surface area is 143 Å². The average molecular weight is 385 g/mol. The molecule has 1 aromatic heterocycles. The van der Waals surface area contributed by atoms with Crippen LogP contribution in [0.5, 0.6) is 5.75 Å². The van der Waals surface area contributed by atoms with Gasteiger partial charge in [-0.05, 0) is 42.0 Å². The van der Waals surface area contributed by atoms with E-state index >= 15 is 0 Å². The Morgan fingerprint density at radius 2 is 2.05 bits per heavy atom. The Morgan fingerprint density at radius 1 is 1.36 bits per heavy atom. The molecule has 2 rings (SSSR count). The molecule has 0 spiro atoms. The molecule has 1 aromatic carbocycles. The molecule has 2 aromatic rings. The zero-order valence-electron chi connectivity index (χ0n) is 13.1. The fourth-order valence-corrected chi connectivity index (χ4v) is 4.14. The Kier molecular flexibility index (Phi) is 5.83. The number of benzene rings is 1. The Morgan fingerprint density at radius 3 is 2.64 bits per heavy atom. The number of nitrogen functional groups attached to an aromatic ring is 1. The summed E-state index contributed by atoms with van der Waals surface area (Å²) in [7, 11) is 0. The van der Waals surface area contributed by atoms with Gasteiger partial charge in [-0.15, -0.1) is 11.3 Å². The number of likely N-dealkylation sites (N-methyl/N-ethyl adjacent to an activating group) is 1. The topological polar surface area (TPSA) is 55.6 Å². The van der Waals surface area contributed by atoms with Crippen LogP contribution in [0.15, 0.2) is 16.6 Å². The molecule has 0 aliphatic heterocycles. The van der Waals surface area contributed by atoms with E-state index in [0.29, 0.717) is 17.2 Å². The number of anilines is 1. The van der Waals surface area contributed by atoms with E-state index in [-0.39, 0.29) is 5.78 Å². The van der Waals surface area contributed by atoms with Crippen LogP contribution in [0.2, 0.25) is 0 Å². The van der Waals surface area contributed by atoms with Gasteiger partial charge < -0.3 is 15.4 Å². The second kappa shape index (κ2) is 7.44. The standard InChI is InChI=1S/C16H21BrN2O2S/c1-4-19(5-2)8-9-21-14-12(17)7-6-11-13(10(3)20)16(18)22-15(11)14/h6-7H,4-5,8-9,18H2,1-3H3. The van der Waals surface area contributed by atoms with Crippen molar-refractivity contribution in [3.8, 4) is 5.75 Å². The summed E-state index contributed by atoms with van der Waals surface area (Å²) >= 11 is 4.94. The summed E-state index contributed by atoms with van der Waals surface area (Å²) in [6, 6.07) is 3.83. The number of carbonyl (C=O) groups is 1. The van der Waals surface area contributed by atoms with E-state index in [4.69, 9.17) is 10.5 Å². The van der Waals surface area contributed by atoms with Crippen LogP contribution in [0, 0.1) is 0 Å². The van der Waals surface area contributed by atoms with Crippen LogP contribution in [0.4, 0.5) is 5.00 Å². The zero-order valence-corrected chi connectivity index (χ0v) is 15.5. The second-order valence-electron chi connectivity index (χ2n) is 5.03. The van der Waals surface area contributed by atoms with Crippen molar-refractivity contribution in [3.63, 3.8) is 0 Å². The van der Waals surface area contributed by atoms with Crippen LogP contribution in [-0.2, 0) is 0 Å². The minimum Gasteiger partial charge on any atom is -0.490 e. The van der Waals surface area contributed by atoms with Crippen molar-refractivity contribution in [1.82, 2.24) is 4.90 Å². The van der Waals surface area contributed by atoms with Crippen LogP contribution in [0.25, 0.3) is 10.1 Å². The third kappa shape index (κ3) is 3.45. The van der Waals surface area contributed by atoms with Crippen LogP contribution in [0.1, 0.15) is 31.1 Å².